The van der Waals surface area contributed by atoms with Gasteiger partial charge in [0.15, 0.2) is 5.75 Å². The van der Waals surface area contributed by atoms with Gasteiger partial charge >= 0.3 is 5.69 Å². The molecule has 0 fully saturated rings. The van der Waals surface area contributed by atoms with Crippen molar-refractivity contribution in [2.24, 2.45) is 5.10 Å². The van der Waals surface area contributed by atoms with Gasteiger partial charge in [-0.2, -0.15) is 5.10 Å². The molecular weight excluding hydrogens is 362 g/mol. The summed E-state index contributed by atoms with van der Waals surface area (Å²) < 4.78 is 12.5. The van der Waals surface area contributed by atoms with E-state index in [4.69, 9.17) is 9.47 Å². The fourth-order valence-electron chi connectivity index (χ4n) is 2.61. The average Bonchev–Trinajstić information content (AvgIpc) is 3.20. The van der Waals surface area contributed by atoms with Crippen LogP contribution in [0.2, 0.25) is 0 Å². The van der Waals surface area contributed by atoms with Crippen LogP contribution in [0.1, 0.15) is 22.3 Å². The smallest absolute Gasteiger partial charge is 0.315 e. The minimum Gasteiger partial charge on any atom is -0.493 e. The molecule has 1 aromatic heterocycles. The van der Waals surface area contributed by atoms with E-state index in [0.29, 0.717) is 5.56 Å². The molecule has 0 radical (unpaired) electrons. The number of benzene rings is 2. The molecule has 28 heavy (non-hydrogen) atoms. The molecular formula is C19H19N5O4. The predicted octanol–water partition coefficient (Wildman–Crippen LogP) is 3.27. The lowest BCUT2D eigenvalue weighted by atomic mass is 10.1. The maximum atomic E-state index is 11.6. The van der Waals surface area contributed by atoms with Gasteiger partial charge in [0.25, 0.3) is 0 Å². The zero-order valence-electron chi connectivity index (χ0n) is 15.7. The Kier molecular flexibility index (Phi) is 5.64. The number of hydrogen-bond acceptors (Lipinski definition) is 7. The molecule has 0 aliphatic heterocycles. The lowest BCUT2D eigenvalue weighted by Gasteiger charge is -2.13. The first kappa shape index (κ1) is 19.0. The molecule has 3 aromatic rings. The fraction of sp³-hybridized carbons (Fsp3) is 0.211. The largest absolute Gasteiger partial charge is 0.493 e. The Labute approximate surface area is 161 Å². The third-order valence-corrected chi connectivity index (χ3v) is 4.10. The standard InChI is InChI=1S/C19H19N5O4/c1-13-4-5-14(2)16(6-13)10-28-19-17(24(25)26)7-15(8-18(19)27-3)9-22-23-11-20-21-12-23/h4-9,11-12H,10H2,1-3H3/b22-9-. The molecule has 0 saturated carbocycles. The van der Waals surface area contributed by atoms with E-state index in [9.17, 15) is 10.1 Å². The molecule has 0 aliphatic carbocycles. The number of rotatable bonds is 7. The topological polar surface area (TPSA) is 105 Å². The van der Waals surface area contributed by atoms with Crippen LogP contribution in [0.5, 0.6) is 11.5 Å². The number of hydrogen-bond donors (Lipinski definition) is 0. The van der Waals surface area contributed by atoms with Crippen LogP contribution in [-0.4, -0.2) is 33.1 Å². The Bertz CT molecular complexity index is 1020. The van der Waals surface area contributed by atoms with E-state index >= 15 is 0 Å². The summed E-state index contributed by atoms with van der Waals surface area (Å²) in [5, 5.41) is 23.0. The molecule has 9 nitrogen and oxygen atoms in total. The van der Waals surface area contributed by atoms with Crippen molar-refractivity contribution in [3.63, 3.8) is 0 Å². The van der Waals surface area contributed by atoms with Crippen LogP contribution in [0.3, 0.4) is 0 Å². The van der Waals surface area contributed by atoms with E-state index < -0.39 is 4.92 Å². The van der Waals surface area contributed by atoms with E-state index in [1.54, 1.807) is 6.07 Å². The van der Waals surface area contributed by atoms with Crippen LogP contribution in [0.15, 0.2) is 48.1 Å². The van der Waals surface area contributed by atoms with Crippen LogP contribution in [0, 0.1) is 24.0 Å². The Hall–Kier alpha value is -3.75. The molecule has 0 bridgehead atoms. The summed E-state index contributed by atoms with van der Waals surface area (Å²) in [6.07, 6.45) is 4.26. The summed E-state index contributed by atoms with van der Waals surface area (Å²) in [7, 11) is 1.44. The molecule has 0 saturated heterocycles. The van der Waals surface area contributed by atoms with Crippen molar-refractivity contribution in [1.82, 2.24) is 14.9 Å². The van der Waals surface area contributed by atoms with Gasteiger partial charge in [-0.3, -0.25) is 10.1 Å². The van der Waals surface area contributed by atoms with E-state index in [-0.39, 0.29) is 23.8 Å². The van der Waals surface area contributed by atoms with E-state index in [2.05, 4.69) is 15.3 Å². The first-order valence-electron chi connectivity index (χ1n) is 8.42. The quantitative estimate of drug-likeness (QED) is 0.353. The van der Waals surface area contributed by atoms with Crippen molar-refractivity contribution in [3.8, 4) is 11.5 Å². The van der Waals surface area contributed by atoms with Crippen LogP contribution >= 0.6 is 0 Å². The van der Waals surface area contributed by atoms with Crippen molar-refractivity contribution in [1.29, 1.82) is 0 Å². The summed E-state index contributed by atoms with van der Waals surface area (Å²) in [5.74, 6) is 0.333. The third kappa shape index (κ3) is 4.32. The second-order valence-corrected chi connectivity index (χ2v) is 6.13. The van der Waals surface area contributed by atoms with Crippen molar-refractivity contribution in [3.05, 3.63) is 75.4 Å². The summed E-state index contributed by atoms with van der Waals surface area (Å²) in [6.45, 7) is 4.14. The summed E-state index contributed by atoms with van der Waals surface area (Å²) in [5.41, 5.74) is 3.37. The highest BCUT2D eigenvalue weighted by Gasteiger charge is 2.22. The molecule has 0 spiro atoms. The fourth-order valence-corrected chi connectivity index (χ4v) is 2.61. The normalized spacial score (nSPS) is 11.0. The Morgan fingerprint density at radius 3 is 2.64 bits per heavy atom. The van der Waals surface area contributed by atoms with Gasteiger partial charge in [-0.1, -0.05) is 23.8 Å². The molecule has 0 N–H and O–H groups in total. The minimum absolute atomic E-state index is 0.0786. The number of aromatic nitrogens is 3. The molecule has 0 amide bonds. The molecule has 0 atom stereocenters. The summed E-state index contributed by atoms with van der Waals surface area (Å²) >= 11 is 0. The number of aryl methyl sites for hydroxylation is 2. The third-order valence-electron chi connectivity index (χ3n) is 4.10. The number of nitrogens with zero attached hydrogens (tertiary/aromatic N) is 5. The number of methoxy groups -OCH3 is 1. The Morgan fingerprint density at radius 2 is 1.96 bits per heavy atom. The highest BCUT2D eigenvalue weighted by Crippen LogP contribution is 2.38. The van der Waals surface area contributed by atoms with Crippen LogP contribution in [0.4, 0.5) is 5.69 Å². The van der Waals surface area contributed by atoms with E-state index in [1.807, 2.05) is 32.0 Å². The van der Waals surface area contributed by atoms with Gasteiger partial charge < -0.3 is 9.47 Å². The molecule has 2 aromatic carbocycles. The summed E-state index contributed by atoms with van der Waals surface area (Å²) in [6, 6.07) is 9.00. The van der Waals surface area contributed by atoms with Gasteiger partial charge in [-0.25, -0.2) is 4.68 Å². The van der Waals surface area contributed by atoms with Gasteiger partial charge in [-0.15, -0.1) is 10.2 Å². The van der Waals surface area contributed by atoms with E-state index in [0.717, 1.165) is 16.7 Å². The minimum atomic E-state index is -0.503. The van der Waals surface area contributed by atoms with Crippen LogP contribution in [0.25, 0.3) is 0 Å². The molecule has 144 valence electrons. The molecule has 9 heteroatoms. The second-order valence-electron chi connectivity index (χ2n) is 6.13. The monoisotopic (exact) mass is 381 g/mol. The highest BCUT2D eigenvalue weighted by molar-refractivity contribution is 5.83. The Balaban J connectivity index is 1.93. The lowest BCUT2D eigenvalue weighted by molar-refractivity contribution is -0.386. The zero-order valence-corrected chi connectivity index (χ0v) is 15.7. The molecule has 0 unspecified atom stereocenters. The van der Waals surface area contributed by atoms with Gasteiger partial charge in [0, 0.05) is 11.6 Å². The number of nitro benzene ring substituents is 1. The lowest BCUT2D eigenvalue weighted by Crippen LogP contribution is -2.04. The van der Waals surface area contributed by atoms with Crippen molar-refractivity contribution < 1.29 is 14.4 Å². The van der Waals surface area contributed by atoms with Gasteiger partial charge in [0.1, 0.15) is 19.3 Å². The van der Waals surface area contributed by atoms with Crippen molar-refractivity contribution in [2.75, 3.05) is 7.11 Å². The first-order chi connectivity index (χ1) is 13.5. The van der Waals surface area contributed by atoms with Crippen molar-refractivity contribution >= 4 is 11.9 Å². The zero-order chi connectivity index (χ0) is 20.1. The average molecular weight is 381 g/mol. The number of nitro groups is 1. The molecule has 0 aliphatic rings. The van der Waals surface area contributed by atoms with Gasteiger partial charge in [0.05, 0.1) is 18.2 Å². The predicted molar refractivity (Wildman–Crippen MR) is 103 cm³/mol. The highest BCUT2D eigenvalue weighted by atomic mass is 16.6. The van der Waals surface area contributed by atoms with Crippen LogP contribution in [-0.2, 0) is 6.61 Å². The van der Waals surface area contributed by atoms with Crippen LogP contribution < -0.4 is 9.47 Å². The van der Waals surface area contributed by atoms with Gasteiger partial charge in [-0.05, 0) is 31.0 Å². The van der Waals surface area contributed by atoms with Crippen molar-refractivity contribution in [2.45, 2.75) is 20.5 Å². The second kappa shape index (κ2) is 8.30. The van der Waals surface area contributed by atoms with E-state index in [1.165, 1.54) is 36.7 Å². The summed E-state index contributed by atoms with van der Waals surface area (Å²) in [4.78, 5) is 11.1. The molecule has 3 rings (SSSR count). The SMILES string of the molecule is COc1cc(/C=N\n2cnnc2)cc([N+](=O)[O-])c1OCc1cc(C)ccc1C. The number of ether oxygens (including phenoxy) is 2. The molecule has 1 heterocycles. The van der Waals surface area contributed by atoms with Gasteiger partial charge in [0.2, 0.25) is 5.75 Å². The maximum Gasteiger partial charge on any atom is 0.315 e. The Morgan fingerprint density at radius 1 is 1.21 bits per heavy atom. The maximum absolute atomic E-state index is 11.6. The first-order valence-corrected chi connectivity index (χ1v) is 8.42.